The van der Waals surface area contributed by atoms with E-state index in [1.807, 2.05) is 6.07 Å². The summed E-state index contributed by atoms with van der Waals surface area (Å²) in [6.07, 6.45) is 4.83. The van der Waals surface area contributed by atoms with E-state index >= 15 is 0 Å². The van der Waals surface area contributed by atoms with Gasteiger partial charge in [-0.25, -0.2) is 4.79 Å². The molecule has 0 saturated heterocycles. The standard InChI is InChI=1S/C16H19N3O2S/c1-16(2,12-8-7-11(22-12)14(20)21)15-18-17-13(9-3-4-9)19(15)10-5-6-10/h7-10H,3-6H2,1-2H3,(H,20,21). The average Bonchev–Trinajstić information content (AvgIpc) is 3.40. The van der Waals surface area contributed by atoms with Crippen LogP contribution in [0.3, 0.4) is 0 Å². The molecular weight excluding hydrogens is 298 g/mol. The summed E-state index contributed by atoms with van der Waals surface area (Å²) in [5.41, 5.74) is -0.318. The third-order valence-electron chi connectivity index (χ3n) is 4.57. The van der Waals surface area contributed by atoms with Crippen molar-refractivity contribution >= 4 is 17.3 Å². The zero-order valence-corrected chi connectivity index (χ0v) is 13.6. The molecule has 5 nitrogen and oxygen atoms in total. The second-order valence-corrected chi connectivity index (χ2v) is 7.94. The highest BCUT2D eigenvalue weighted by molar-refractivity contribution is 7.14. The predicted molar refractivity (Wildman–Crippen MR) is 83.7 cm³/mol. The van der Waals surface area contributed by atoms with Crippen LogP contribution in [0.5, 0.6) is 0 Å². The summed E-state index contributed by atoms with van der Waals surface area (Å²) in [7, 11) is 0. The van der Waals surface area contributed by atoms with Crippen molar-refractivity contribution in [3.05, 3.63) is 33.5 Å². The molecule has 4 rings (SSSR count). The first-order chi connectivity index (χ1) is 10.5. The average molecular weight is 317 g/mol. The lowest BCUT2D eigenvalue weighted by atomic mass is 9.90. The number of rotatable bonds is 5. The lowest BCUT2D eigenvalue weighted by Gasteiger charge is -2.24. The SMILES string of the molecule is CC(C)(c1ccc(C(=O)O)s1)c1nnc(C2CC2)n1C1CC1. The number of carboxylic acid groups (broad SMARTS) is 1. The van der Waals surface area contributed by atoms with Gasteiger partial charge in [0, 0.05) is 16.8 Å². The Morgan fingerprint density at radius 3 is 2.55 bits per heavy atom. The predicted octanol–water partition coefficient (Wildman–Crippen LogP) is 3.58. The van der Waals surface area contributed by atoms with Gasteiger partial charge in [0.05, 0.1) is 5.41 Å². The molecule has 0 spiro atoms. The molecule has 0 amide bonds. The molecule has 2 aromatic rings. The first-order valence-corrected chi connectivity index (χ1v) is 8.59. The molecule has 0 aliphatic heterocycles. The Kier molecular flexibility index (Phi) is 2.95. The molecule has 2 aliphatic rings. The number of aromatic carboxylic acids is 1. The van der Waals surface area contributed by atoms with Crippen LogP contribution in [0.25, 0.3) is 0 Å². The molecular formula is C16H19N3O2S. The van der Waals surface area contributed by atoms with Crippen LogP contribution in [-0.4, -0.2) is 25.8 Å². The molecule has 2 saturated carbocycles. The van der Waals surface area contributed by atoms with Gasteiger partial charge in [-0.3, -0.25) is 0 Å². The first-order valence-electron chi connectivity index (χ1n) is 7.77. The van der Waals surface area contributed by atoms with E-state index < -0.39 is 5.97 Å². The normalized spacial score (nSPS) is 18.6. The fourth-order valence-corrected chi connectivity index (χ4v) is 3.88. The highest BCUT2D eigenvalue weighted by atomic mass is 32.1. The van der Waals surface area contributed by atoms with Crippen molar-refractivity contribution in [1.29, 1.82) is 0 Å². The summed E-state index contributed by atoms with van der Waals surface area (Å²) >= 11 is 1.34. The molecule has 0 bridgehead atoms. The van der Waals surface area contributed by atoms with Crippen LogP contribution < -0.4 is 0 Å². The van der Waals surface area contributed by atoms with E-state index in [0.29, 0.717) is 16.8 Å². The maximum atomic E-state index is 11.1. The molecule has 2 aromatic heterocycles. The van der Waals surface area contributed by atoms with Crippen LogP contribution in [-0.2, 0) is 5.41 Å². The molecule has 0 atom stereocenters. The van der Waals surface area contributed by atoms with Gasteiger partial charge in [-0.2, -0.15) is 0 Å². The summed E-state index contributed by atoms with van der Waals surface area (Å²) in [6.45, 7) is 4.23. The lowest BCUT2D eigenvalue weighted by molar-refractivity contribution is 0.0702. The Balaban J connectivity index is 1.77. The Hall–Kier alpha value is -1.69. The quantitative estimate of drug-likeness (QED) is 0.915. The number of nitrogens with zero attached hydrogens (tertiary/aromatic N) is 3. The van der Waals surface area contributed by atoms with E-state index in [0.717, 1.165) is 16.5 Å². The van der Waals surface area contributed by atoms with E-state index in [1.165, 1.54) is 37.0 Å². The van der Waals surface area contributed by atoms with E-state index in [4.69, 9.17) is 5.11 Å². The smallest absolute Gasteiger partial charge is 0.345 e. The Bertz CT molecular complexity index is 738. The maximum absolute atomic E-state index is 11.1. The monoisotopic (exact) mass is 317 g/mol. The van der Waals surface area contributed by atoms with Crippen molar-refractivity contribution in [2.45, 2.75) is 56.9 Å². The van der Waals surface area contributed by atoms with Crippen molar-refractivity contribution < 1.29 is 9.90 Å². The molecule has 2 aliphatic carbocycles. The third-order valence-corrected chi connectivity index (χ3v) is 5.97. The molecule has 1 N–H and O–H groups in total. The number of thiophene rings is 1. The second-order valence-electron chi connectivity index (χ2n) is 6.85. The number of carbonyl (C=O) groups is 1. The van der Waals surface area contributed by atoms with Crippen LogP contribution in [0.1, 0.15) is 77.7 Å². The molecule has 0 radical (unpaired) electrons. The van der Waals surface area contributed by atoms with Crippen LogP contribution >= 0.6 is 11.3 Å². The van der Waals surface area contributed by atoms with E-state index in [9.17, 15) is 4.79 Å². The van der Waals surface area contributed by atoms with E-state index in [1.54, 1.807) is 6.07 Å². The van der Waals surface area contributed by atoms with Crippen LogP contribution in [0, 0.1) is 0 Å². The van der Waals surface area contributed by atoms with Gasteiger partial charge in [-0.15, -0.1) is 21.5 Å². The molecule has 2 fully saturated rings. The van der Waals surface area contributed by atoms with Crippen LogP contribution in [0.15, 0.2) is 12.1 Å². The van der Waals surface area contributed by atoms with Crippen molar-refractivity contribution in [2.75, 3.05) is 0 Å². The highest BCUT2D eigenvalue weighted by Gasteiger charge is 2.41. The van der Waals surface area contributed by atoms with Gasteiger partial charge in [-0.1, -0.05) is 0 Å². The zero-order valence-electron chi connectivity index (χ0n) is 12.7. The topological polar surface area (TPSA) is 68.0 Å². The summed E-state index contributed by atoms with van der Waals surface area (Å²) < 4.78 is 2.35. The summed E-state index contributed by atoms with van der Waals surface area (Å²) in [5.74, 6) is 1.83. The largest absolute Gasteiger partial charge is 0.477 e. The fraction of sp³-hybridized carbons (Fsp3) is 0.562. The van der Waals surface area contributed by atoms with Crippen LogP contribution in [0.4, 0.5) is 0 Å². The van der Waals surface area contributed by atoms with Crippen molar-refractivity contribution in [3.8, 4) is 0 Å². The molecule has 6 heteroatoms. The minimum Gasteiger partial charge on any atom is -0.477 e. The molecule has 0 aromatic carbocycles. The van der Waals surface area contributed by atoms with Crippen LogP contribution in [0.2, 0.25) is 0 Å². The number of carboxylic acids is 1. The minimum absolute atomic E-state index is 0.318. The van der Waals surface area contributed by atoms with Crippen molar-refractivity contribution in [3.63, 3.8) is 0 Å². The summed E-state index contributed by atoms with van der Waals surface area (Å²) in [4.78, 5) is 12.5. The van der Waals surface area contributed by atoms with E-state index in [-0.39, 0.29) is 5.41 Å². The van der Waals surface area contributed by atoms with Gasteiger partial charge in [0.2, 0.25) is 0 Å². The van der Waals surface area contributed by atoms with Crippen molar-refractivity contribution in [2.24, 2.45) is 0 Å². The zero-order chi connectivity index (χ0) is 15.5. The van der Waals surface area contributed by atoms with Gasteiger partial charge >= 0.3 is 5.97 Å². The van der Waals surface area contributed by atoms with Crippen molar-refractivity contribution in [1.82, 2.24) is 14.8 Å². The Morgan fingerprint density at radius 1 is 1.27 bits per heavy atom. The summed E-state index contributed by atoms with van der Waals surface area (Å²) in [5, 5.41) is 18.1. The molecule has 2 heterocycles. The second kappa shape index (κ2) is 4.65. The Labute approximate surface area is 133 Å². The van der Waals surface area contributed by atoms with Gasteiger partial charge in [0.1, 0.15) is 16.5 Å². The van der Waals surface area contributed by atoms with Gasteiger partial charge in [0.15, 0.2) is 0 Å². The maximum Gasteiger partial charge on any atom is 0.345 e. The number of hydrogen-bond donors (Lipinski definition) is 1. The summed E-state index contributed by atoms with van der Waals surface area (Å²) in [6, 6.07) is 4.14. The number of hydrogen-bond acceptors (Lipinski definition) is 4. The van der Waals surface area contributed by atoms with Gasteiger partial charge in [0.25, 0.3) is 0 Å². The fourth-order valence-electron chi connectivity index (χ4n) is 2.94. The first kappa shape index (κ1) is 13.9. The highest BCUT2D eigenvalue weighted by Crippen LogP contribution is 2.47. The lowest BCUT2D eigenvalue weighted by Crippen LogP contribution is -2.23. The van der Waals surface area contributed by atoms with Gasteiger partial charge < -0.3 is 9.67 Å². The number of aromatic nitrogens is 3. The molecule has 22 heavy (non-hydrogen) atoms. The minimum atomic E-state index is -0.866. The molecule has 0 unspecified atom stereocenters. The Morgan fingerprint density at radius 2 is 2.00 bits per heavy atom. The van der Waals surface area contributed by atoms with Gasteiger partial charge in [-0.05, 0) is 51.7 Å². The van der Waals surface area contributed by atoms with E-state index in [2.05, 4.69) is 28.6 Å². The molecule has 116 valence electrons. The third kappa shape index (κ3) is 2.17.